The fourth-order valence-electron chi connectivity index (χ4n) is 1.08. The number of halogens is 2. The average molecular weight is 217 g/mol. The second-order valence-corrected chi connectivity index (χ2v) is 3.33. The predicted octanol–water partition coefficient (Wildman–Crippen LogP) is 2.10. The highest BCUT2D eigenvalue weighted by atomic mass is 35.5. The van der Waals surface area contributed by atoms with Crippen LogP contribution in [0, 0.1) is 0 Å². The van der Waals surface area contributed by atoms with Crippen LogP contribution in [-0.2, 0) is 4.79 Å². The third-order valence-electron chi connectivity index (χ3n) is 1.63. The Morgan fingerprint density at radius 1 is 1.15 bits per heavy atom. The van der Waals surface area contributed by atoms with Gasteiger partial charge in [0.1, 0.15) is 0 Å². The number of carbonyl (C=O) groups excluding carboxylic acids is 2. The lowest BCUT2D eigenvalue weighted by atomic mass is 10.1. The van der Waals surface area contributed by atoms with Gasteiger partial charge in [0, 0.05) is 5.02 Å². The van der Waals surface area contributed by atoms with Crippen LogP contribution in [0.3, 0.4) is 0 Å². The number of carbonyl (C=O) groups is 2. The van der Waals surface area contributed by atoms with Crippen molar-refractivity contribution in [3.05, 3.63) is 27.7 Å². The number of fused-ring (bicyclic) bond motifs is 1. The van der Waals surface area contributed by atoms with E-state index in [0.29, 0.717) is 5.02 Å². The maximum Gasteiger partial charge on any atom is 0.385 e. The number of esters is 1. The number of ketones is 1. The van der Waals surface area contributed by atoms with E-state index in [4.69, 9.17) is 23.2 Å². The van der Waals surface area contributed by atoms with Gasteiger partial charge >= 0.3 is 5.97 Å². The molecular formula is C8H2Cl2O3. The molecule has 0 saturated carbocycles. The van der Waals surface area contributed by atoms with Crippen molar-refractivity contribution < 1.29 is 14.3 Å². The molecule has 66 valence electrons. The Morgan fingerprint density at radius 2 is 1.85 bits per heavy atom. The molecule has 1 aliphatic heterocycles. The molecule has 0 saturated heterocycles. The van der Waals surface area contributed by atoms with Gasteiger partial charge in [0.25, 0.3) is 5.78 Å². The normalized spacial score (nSPS) is 14.3. The monoisotopic (exact) mass is 216 g/mol. The third-order valence-corrected chi connectivity index (χ3v) is 2.13. The molecule has 1 heterocycles. The van der Waals surface area contributed by atoms with Gasteiger partial charge in [-0.3, -0.25) is 4.79 Å². The molecular weight excluding hydrogens is 215 g/mol. The SMILES string of the molecule is O=C1Oc2c(Cl)cc(Cl)cc2C1=O. The van der Waals surface area contributed by atoms with Gasteiger partial charge in [-0.15, -0.1) is 0 Å². The van der Waals surface area contributed by atoms with Crippen molar-refractivity contribution in [3.63, 3.8) is 0 Å². The number of hydrogen-bond donors (Lipinski definition) is 0. The van der Waals surface area contributed by atoms with Crippen LogP contribution in [0.2, 0.25) is 10.0 Å². The Bertz CT molecular complexity index is 426. The zero-order valence-corrected chi connectivity index (χ0v) is 7.65. The van der Waals surface area contributed by atoms with Crippen molar-refractivity contribution in [3.8, 4) is 5.75 Å². The summed E-state index contributed by atoms with van der Waals surface area (Å²) in [7, 11) is 0. The van der Waals surface area contributed by atoms with Crippen LogP contribution in [0.25, 0.3) is 0 Å². The van der Waals surface area contributed by atoms with Gasteiger partial charge in [0.05, 0.1) is 10.6 Å². The molecule has 1 aromatic carbocycles. The van der Waals surface area contributed by atoms with Crippen LogP contribution in [-0.4, -0.2) is 11.8 Å². The summed E-state index contributed by atoms with van der Waals surface area (Å²) < 4.78 is 4.63. The van der Waals surface area contributed by atoms with Crippen LogP contribution in [0.15, 0.2) is 12.1 Å². The van der Waals surface area contributed by atoms with Gasteiger partial charge < -0.3 is 4.74 Å². The molecule has 0 fully saturated rings. The summed E-state index contributed by atoms with van der Waals surface area (Å²) in [4.78, 5) is 21.9. The molecule has 0 unspecified atom stereocenters. The topological polar surface area (TPSA) is 43.4 Å². The van der Waals surface area contributed by atoms with E-state index in [2.05, 4.69) is 4.74 Å². The van der Waals surface area contributed by atoms with Gasteiger partial charge in [-0.05, 0) is 12.1 Å². The lowest BCUT2D eigenvalue weighted by molar-refractivity contribution is -0.128. The van der Waals surface area contributed by atoms with E-state index in [-0.39, 0.29) is 16.3 Å². The maximum absolute atomic E-state index is 11.1. The maximum atomic E-state index is 11.1. The first-order valence-electron chi connectivity index (χ1n) is 3.35. The summed E-state index contributed by atoms with van der Waals surface area (Å²) in [5.74, 6) is -1.53. The molecule has 1 aromatic rings. The van der Waals surface area contributed by atoms with E-state index in [9.17, 15) is 9.59 Å². The average Bonchev–Trinajstić information content (AvgIpc) is 2.32. The van der Waals surface area contributed by atoms with Crippen LogP contribution in [0.1, 0.15) is 10.4 Å². The van der Waals surface area contributed by atoms with Gasteiger partial charge in [0.15, 0.2) is 5.75 Å². The lowest BCUT2D eigenvalue weighted by Crippen LogP contribution is -2.10. The molecule has 0 N–H and O–H groups in total. The van der Waals surface area contributed by atoms with Crippen molar-refractivity contribution in [2.75, 3.05) is 0 Å². The Balaban J connectivity index is 2.70. The Morgan fingerprint density at radius 3 is 2.54 bits per heavy atom. The number of ether oxygens (including phenoxy) is 1. The highest BCUT2D eigenvalue weighted by Gasteiger charge is 2.33. The molecule has 13 heavy (non-hydrogen) atoms. The molecule has 0 radical (unpaired) electrons. The van der Waals surface area contributed by atoms with Crippen molar-refractivity contribution in [2.24, 2.45) is 0 Å². The molecule has 0 aliphatic carbocycles. The van der Waals surface area contributed by atoms with Gasteiger partial charge in [-0.2, -0.15) is 0 Å². The predicted molar refractivity (Wildman–Crippen MR) is 46.4 cm³/mol. The van der Waals surface area contributed by atoms with E-state index < -0.39 is 11.8 Å². The van der Waals surface area contributed by atoms with Crippen molar-refractivity contribution in [1.82, 2.24) is 0 Å². The van der Waals surface area contributed by atoms with Crippen molar-refractivity contribution in [2.45, 2.75) is 0 Å². The molecule has 2 rings (SSSR count). The zero-order chi connectivity index (χ0) is 9.59. The minimum Gasteiger partial charge on any atom is -0.418 e. The lowest BCUT2D eigenvalue weighted by Gasteiger charge is -1.98. The highest BCUT2D eigenvalue weighted by molar-refractivity contribution is 6.47. The number of rotatable bonds is 0. The van der Waals surface area contributed by atoms with Gasteiger partial charge in [-0.1, -0.05) is 23.2 Å². The van der Waals surface area contributed by atoms with Crippen LogP contribution >= 0.6 is 23.2 Å². The molecule has 5 heteroatoms. The standard InChI is InChI=1S/C8H2Cl2O3/c9-3-1-4-6(11)8(12)13-7(4)5(10)2-3/h1-2H. The second kappa shape index (κ2) is 2.72. The first kappa shape index (κ1) is 8.53. The molecule has 0 atom stereocenters. The van der Waals surface area contributed by atoms with Gasteiger partial charge in [-0.25, -0.2) is 4.79 Å². The Kier molecular flexibility index (Phi) is 1.78. The van der Waals surface area contributed by atoms with E-state index >= 15 is 0 Å². The van der Waals surface area contributed by atoms with E-state index in [1.165, 1.54) is 12.1 Å². The zero-order valence-electron chi connectivity index (χ0n) is 6.14. The van der Waals surface area contributed by atoms with Crippen LogP contribution < -0.4 is 4.74 Å². The quantitative estimate of drug-likeness (QED) is 0.379. The molecule has 0 spiro atoms. The molecule has 0 bridgehead atoms. The first-order chi connectivity index (χ1) is 6.09. The van der Waals surface area contributed by atoms with Gasteiger partial charge in [0.2, 0.25) is 0 Å². The van der Waals surface area contributed by atoms with E-state index in [0.717, 1.165) is 0 Å². The summed E-state index contributed by atoms with van der Waals surface area (Å²) in [5.41, 5.74) is 0.127. The van der Waals surface area contributed by atoms with Crippen LogP contribution in [0.5, 0.6) is 5.75 Å². The summed E-state index contributed by atoms with van der Waals surface area (Å²) in [6.07, 6.45) is 0. The minimum absolute atomic E-state index is 0.0982. The van der Waals surface area contributed by atoms with Crippen LogP contribution in [0.4, 0.5) is 0 Å². The molecule has 3 nitrogen and oxygen atoms in total. The minimum atomic E-state index is -0.917. The third kappa shape index (κ3) is 1.20. The molecule has 0 amide bonds. The Hall–Kier alpha value is -1.06. The summed E-state index contributed by atoms with van der Waals surface area (Å²) in [5, 5.41) is 0.470. The Labute approximate surface area is 83.2 Å². The number of Topliss-reactive ketones (excluding diaryl/α,β-unsaturated/α-hetero) is 1. The van der Waals surface area contributed by atoms with E-state index in [1.54, 1.807) is 0 Å². The largest absolute Gasteiger partial charge is 0.418 e. The van der Waals surface area contributed by atoms with E-state index in [1.807, 2.05) is 0 Å². The smallest absolute Gasteiger partial charge is 0.385 e. The number of hydrogen-bond acceptors (Lipinski definition) is 3. The fourth-order valence-corrected chi connectivity index (χ4v) is 1.61. The summed E-state index contributed by atoms with van der Waals surface area (Å²) in [6.45, 7) is 0. The molecule has 1 aliphatic rings. The summed E-state index contributed by atoms with van der Waals surface area (Å²) in [6, 6.07) is 2.77. The van der Waals surface area contributed by atoms with Crippen molar-refractivity contribution >= 4 is 35.0 Å². The highest BCUT2D eigenvalue weighted by Crippen LogP contribution is 2.36. The molecule has 0 aromatic heterocycles. The first-order valence-corrected chi connectivity index (χ1v) is 4.11. The summed E-state index contributed by atoms with van der Waals surface area (Å²) >= 11 is 11.3. The number of benzene rings is 1. The second-order valence-electron chi connectivity index (χ2n) is 2.48. The van der Waals surface area contributed by atoms with Crippen molar-refractivity contribution in [1.29, 1.82) is 0 Å². The fraction of sp³-hybridized carbons (Fsp3) is 0.